The predicted octanol–water partition coefficient (Wildman–Crippen LogP) is 3.07. The van der Waals surface area contributed by atoms with Crippen LogP contribution in [-0.4, -0.2) is 46.9 Å². The standard InChI is InChI=1S/C21H26N2O5S2/c1-14-13-23(15(2)24)18-12-17(6-8-21(18)29-14)30(25,26)22-10-9-16-5-7-19(27-3)20(11-16)28-4/h5-8,11-12,14,22H,9-10,13H2,1-4H3/t14-/m0/s1. The van der Waals surface area contributed by atoms with Gasteiger partial charge >= 0.3 is 0 Å². The molecule has 30 heavy (non-hydrogen) atoms. The fourth-order valence-corrected chi connectivity index (χ4v) is 5.48. The lowest BCUT2D eigenvalue weighted by molar-refractivity contribution is -0.116. The van der Waals surface area contributed by atoms with Gasteiger partial charge in [0.25, 0.3) is 0 Å². The van der Waals surface area contributed by atoms with Gasteiger partial charge in [-0.15, -0.1) is 11.8 Å². The topological polar surface area (TPSA) is 84.9 Å². The van der Waals surface area contributed by atoms with E-state index in [1.54, 1.807) is 55.1 Å². The van der Waals surface area contributed by atoms with E-state index in [1.807, 2.05) is 19.1 Å². The molecule has 1 heterocycles. The molecule has 0 aliphatic carbocycles. The number of thioether (sulfide) groups is 1. The number of sulfonamides is 1. The molecule has 1 atom stereocenters. The number of hydrogen-bond acceptors (Lipinski definition) is 6. The summed E-state index contributed by atoms with van der Waals surface area (Å²) < 4.78 is 38.8. The number of ether oxygens (including phenoxy) is 2. The average molecular weight is 451 g/mol. The fraction of sp³-hybridized carbons (Fsp3) is 0.381. The highest BCUT2D eigenvalue weighted by molar-refractivity contribution is 8.00. The molecule has 0 saturated carbocycles. The Morgan fingerprint density at radius 2 is 1.90 bits per heavy atom. The Morgan fingerprint density at radius 3 is 2.57 bits per heavy atom. The number of nitrogens with one attached hydrogen (secondary N) is 1. The van der Waals surface area contributed by atoms with Crippen molar-refractivity contribution in [3.63, 3.8) is 0 Å². The summed E-state index contributed by atoms with van der Waals surface area (Å²) in [5, 5.41) is 0.253. The Morgan fingerprint density at radius 1 is 1.17 bits per heavy atom. The number of fused-ring (bicyclic) bond motifs is 1. The van der Waals surface area contributed by atoms with Crippen molar-refractivity contribution in [1.29, 1.82) is 0 Å². The van der Waals surface area contributed by atoms with E-state index in [0.717, 1.165) is 10.5 Å². The van der Waals surface area contributed by atoms with Crippen LogP contribution < -0.4 is 19.1 Å². The number of benzene rings is 2. The Labute approximate surface area is 181 Å². The number of carbonyl (C=O) groups is 1. The second kappa shape index (κ2) is 9.28. The van der Waals surface area contributed by atoms with Crippen molar-refractivity contribution in [2.24, 2.45) is 0 Å². The van der Waals surface area contributed by atoms with Crippen LogP contribution in [0.4, 0.5) is 5.69 Å². The first-order valence-corrected chi connectivity index (χ1v) is 11.9. The van der Waals surface area contributed by atoms with Crippen molar-refractivity contribution >= 4 is 33.4 Å². The van der Waals surface area contributed by atoms with E-state index in [-0.39, 0.29) is 22.6 Å². The highest BCUT2D eigenvalue weighted by atomic mass is 32.2. The zero-order chi connectivity index (χ0) is 21.9. The number of amides is 1. The normalized spacial score (nSPS) is 16.1. The summed E-state index contributed by atoms with van der Waals surface area (Å²) in [5.41, 5.74) is 1.57. The molecule has 0 radical (unpaired) electrons. The largest absolute Gasteiger partial charge is 0.493 e. The molecule has 2 aromatic rings. The van der Waals surface area contributed by atoms with Gasteiger partial charge in [0.2, 0.25) is 15.9 Å². The van der Waals surface area contributed by atoms with Crippen LogP contribution in [0.1, 0.15) is 19.4 Å². The second-order valence-corrected chi connectivity index (χ2v) is 10.3. The lowest BCUT2D eigenvalue weighted by Gasteiger charge is -2.32. The van der Waals surface area contributed by atoms with Crippen LogP contribution >= 0.6 is 11.8 Å². The third-order valence-electron chi connectivity index (χ3n) is 4.83. The van der Waals surface area contributed by atoms with Gasteiger partial charge in [0.1, 0.15) is 0 Å². The summed E-state index contributed by atoms with van der Waals surface area (Å²) in [6, 6.07) is 10.4. The van der Waals surface area contributed by atoms with Crippen molar-refractivity contribution < 1.29 is 22.7 Å². The van der Waals surface area contributed by atoms with Crippen LogP contribution in [0.25, 0.3) is 0 Å². The summed E-state index contributed by atoms with van der Waals surface area (Å²) in [6.45, 7) is 4.33. The Kier molecular flexibility index (Phi) is 6.95. The second-order valence-electron chi connectivity index (χ2n) is 7.02. The zero-order valence-electron chi connectivity index (χ0n) is 17.5. The maximum atomic E-state index is 12.8. The molecule has 7 nitrogen and oxygen atoms in total. The third-order valence-corrected chi connectivity index (χ3v) is 7.44. The number of rotatable bonds is 7. The molecule has 1 amide bonds. The minimum atomic E-state index is -3.71. The fourth-order valence-electron chi connectivity index (χ4n) is 3.33. The Bertz CT molecular complexity index is 1040. The SMILES string of the molecule is COc1ccc(CCNS(=O)(=O)c2ccc3c(c2)N(C(C)=O)C[C@H](C)S3)cc1OC. The molecule has 0 saturated heterocycles. The van der Waals surface area contributed by atoms with E-state index < -0.39 is 10.0 Å². The van der Waals surface area contributed by atoms with Gasteiger partial charge in [0.15, 0.2) is 11.5 Å². The van der Waals surface area contributed by atoms with Gasteiger partial charge in [-0.3, -0.25) is 4.79 Å². The Hall–Kier alpha value is -2.23. The third kappa shape index (κ3) is 4.91. The molecule has 2 aromatic carbocycles. The minimum Gasteiger partial charge on any atom is -0.493 e. The molecule has 0 aromatic heterocycles. The Balaban J connectivity index is 1.73. The van der Waals surface area contributed by atoms with Crippen LogP contribution in [0.15, 0.2) is 46.2 Å². The van der Waals surface area contributed by atoms with Crippen LogP contribution in [0, 0.1) is 0 Å². The molecule has 1 aliphatic rings. The van der Waals surface area contributed by atoms with Gasteiger partial charge in [0, 0.05) is 30.2 Å². The average Bonchev–Trinajstić information content (AvgIpc) is 2.72. The van der Waals surface area contributed by atoms with E-state index in [4.69, 9.17) is 9.47 Å². The lowest BCUT2D eigenvalue weighted by Crippen LogP contribution is -2.37. The monoisotopic (exact) mass is 450 g/mol. The maximum absolute atomic E-state index is 12.8. The molecular weight excluding hydrogens is 424 g/mol. The molecule has 0 bridgehead atoms. The van der Waals surface area contributed by atoms with Crippen molar-refractivity contribution in [3.8, 4) is 11.5 Å². The van der Waals surface area contributed by atoms with E-state index in [0.29, 0.717) is 30.2 Å². The van der Waals surface area contributed by atoms with E-state index in [2.05, 4.69) is 4.72 Å². The first-order chi connectivity index (χ1) is 14.2. The maximum Gasteiger partial charge on any atom is 0.240 e. The summed E-state index contributed by atoms with van der Waals surface area (Å²) in [5.74, 6) is 1.13. The number of methoxy groups -OCH3 is 2. The lowest BCUT2D eigenvalue weighted by atomic mass is 10.1. The van der Waals surface area contributed by atoms with Crippen LogP contribution in [0.2, 0.25) is 0 Å². The number of anilines is 1. The summed E-state index contributed by atoms with van der Waals surface area (Å²) >= 11 is 1.64. The van der Waals surface area contributed by atoms with Crippen molar-refractivity contribution in [2.75, 3.05) is 32.2 Å². The van der Waals surface area contributed by atoms with Crippen molar-refractivity contribution in [2.45, 2.75) is 35.3 Å². The number of nitrogens with zero attached hydrogens (tertiary/aromatic N) is 1. The van der Waals surface area contributed by atoms with Crippen LogP contribution in [0.3, 0.4) is 0 Å². The number of carbonyl (C=O) groups excluding carboxylic acids is 1. The molecule has 9 heteroatoms. The minimum absolute atomic E-state index is 0.0978. The quantitative estimate of drug-likeness (QED) is 0.698. The molecule has 3 rings (SSSR count). The van der Waals surface area contributed by atoms with Crippen LogP contribution in [-0.2, 0) is 21.2 Å². The first kappa shape index (κ1) is 22.5. The molecule has 162 valence electrons. The summed E-state index contributed by atoms with van der Waals surface area (Å²) in [6.07, 6.45) is 0.497. The van der Waals surface area contributed by atoms with Gasteiger partial charge in [-0.25, -0.2) is 13.1 Å². The molecule has 0 fully saturated rings. The summed E-state index contributed by atoms with van der Waals surface area (Å²) in [7, 11) is -0.583. The van der Waals surface area contributed by atoms with Gasteiger partial charge < -0.3 is 14.4 Å². The highest BCUT2D eigenvalue weighted by Gasteiger charge is 2.27. The molecule has 0 unspecified atom stereocenters. The first-order valence-electron chi connectivity index (χ1n) is 9.54. The smallest absolute Gasteiger partial charge is 0.240 e. The van der Waals surface area contributed by atoms with Gasteiger partial charge in [0.05, 0.1) is 24.8 Å². The van der Waals surface area contributed by atoms with E-state index in [9.17, 15) is 13.2 Å². The van der Waals surface area contributed by atoms with Crippen molar-refractivity contribution in [3.05, 3.63) is 42.0 Å². The van der Waals surface area contributed by atoms with E-state index >= 15 is 0 Å². The predicted molar refractivity (Wildman–Crippen MR) is 118 cm³/mol. The highest BCUT2D eigenvalue weighted by Crippen LogP contribution is 2.39. The van der Waals surface area contributed by atoms with Crippen LogP contribution in [0.5, 0.6) is 11.5 Å². The zero-order valence-corrected chi connectivity index (χ0v) is 19.1. The van der Waals surface area contributed by atoms with Gasteiger partial charge in [-0.05, 0) is 42.3 Å². The summed E-state index contributed by atoms with van der Waals surface area (Å²) in [4.78, 5) is 14.7. The molecule has 1 N–H and O–H groups in total. The van der Waals surface area contributed by atoms with Crippen molar-refractivity contribution in [1.82, 2.24) is 4.72 Å². The van der Waals surface area contributed by atoms with Gasteiger partial charge in [-0.2, -0.15) is 0 Å². The van der Waals surface area contributed by atoms with Gasteiger partial charge in [-0.1, -0.05) is 13.0 Å². The molecular formula is C21H26N2O5S2. The molecule has 0 spiro atoms. The number of hydrogen-bond donors (Lipinski definition) is 1. The van der Waals surface area contributed by atoms with E-state index in [1.165, 1.54) is 6.92 Å². The molecule has 1 aliphatic heterocycles.